The number of Topliss-reactive ketones (excluding diaryl/α,β-unsaturated/α-hetero) is 1. The number of ether oxygens (including phenoxy) is 2. The van der Waals surface area contributed by atoms with Gasteiger partial charge >= 0.3 is 7.60 Å². The molecule has 2 aromatic rings. The molecule has 6 nitrogen and oxygen atoms in total. The van der Waals surface area contributed by atoms with Crippen LogP contribution in [0.4, 0.5) is 0 Å². The molecule has 2 aromatic carbocycles. The lowest BCUT2D eigenvalue weighted by Crippen LogP contribution is -2.32. The van der Waals surface area contributed by atoms with E-state index in [1.165, 1.54) is 28.4 Å². The third-order valence-corrected chi connectivity index (χ3v) is 5.97. The van der Waals surface area contributed by atoms with E-state index in [9.17, 15) is 9.36 Å². The van der Waals surface area contributed by atoms with Gasteiger partial charge in [-0.15, -0.1) is 0 Å². The molecule has 0 aromatic heterocycles. The van der Waals surface area contributed by atoms with Gasteiger partial charge in [0, 0.05) is 45.1 Å². The van der Waals surface area contributed by atoms with Crippen molar-refractivity contribution in [3.8, 4) is 0 Å². The lowest BCUT2D eigenvalue weighted by Gasteiger charge is -2.32. The van der Waals surface area contributed by atoms with Crippen LogP contribution in [-0.2, 0) is 28.9 Å². The quantitative estimate of drug-likeness (QED) is 0.375. The minimum atomic E-state index is -3.44. The molecule has 0 bridgehead atoms. The molecule has 0 amide bonds. The second kappa shape index (κ2) is 8.71. The fourth-order valence-electron chi connectivity index (χ4n) is 2.75. The van der Waals surface area contributed by atoms with E-state index in [1.54, 1.807) is 18.2 Å². The van der Waals surface area contributed by atoms with E-state index < -0.39 is 13.4 Å². The largest absolute Gasteiger partial charge is 0.346 e. The summed E-state index contributed by atoms with van der Waals surface area (Å²) in [6, 6.07) is 16.3. The van der Waals surface area contributed by atoms with Crippen molar-refractivity contribution in [1.29, 1.82) is 0 Å². The zero-order valence-corrected chi connectivity index (χ0v) is 16.2. The predicted molar refractivity (Wildman–Crippen MR) is 98.5 cm³/mol. The van der Waals surface area contributed by atoms with Gasteiger partial charge in [0.05, 0.1) is 0 Å². The topological polar surface area (TPSA) is 71.1 Å². The normalized spacial score (nSPS) is 12.2. The van der Waals surface area contributed by atoms with E-state index in [0.29, 0.717) is 11.1 Å². The SMILES string of the molecule is COC(OC)(c1ccccc1)c1cccc(C(=O)CP(=O)(OC)OC)c1. The Labute approximate surface area is 153 Å². The molecule has 0 aliphatic carbocycles. The molecule has 0 fully saturated rings. The molecule has 0 aliphatic heterocycles. The van der Waals surface area contributed by atoms with E-state index in [2.05, 4.69) is 0 Å². The van der Waals surface area contributed by atoms with Crippen LogP contribution >= 0.6 is 7.60 Å². The highest BCUT2D eigenvalue weighted by Crippen LogP contribution is 2.46. The van der Waals surface area contributed by atoms with Crippen molar-refractivity contribution in [3.63, 3.8) is 0 Å². The third kappa shape index (κ3) is 4.11. The Morgan fingerprint density at radius 1 is 0.885 bits per heavy atom. The van der Waals surface area contributed by atoms with Crippen LogP contribution in [0.2, 0.25) is 0 Å². The van der Waals surface area contributed by atoms with Gasteiger partial charge in [-0.1, -0.05) is 48.5 Å². The van der Waals surface area contributed by atoms with Gasteiger partial charge in [0.2, 0.25) is 5.79 Å². The van der Waals surface area contributed by atoms with Crippen LogP contribution in [0.25, 0.3) is 0 Å². The fourth-order valence-corrected chi connectivity index (χ4v) is 3.69. The monoisotopic (exact) mass is 378 g/mol. The Morgan fingerprint density at radius 2 is 1.46 bits per heavy atom. The summed E-state index contributed by atoms with van der Waals surface area (Å²) in [4.78, 5) is 12.6. The average molecular weight is 378 g/mol. The van der Waals surface area contributed by atoms with Gasteiger partial charge in [-0.2, -0.15) is 0 Å². The van der Waals surface area contributed by atoms with E-state index >= 15 is 0 Å². The van der Waals surface area contributed by atoms with Crippen molar-refractivity contribution in [3.05, 3.63) is 71.3 Å². The number of methoxy groups -OCH3 is 2. The van der Waals surface area contributed by atoms with Gasteiger partial charge in [-0.25, -0.2) is 0 Å². The molecule has 0 N–H and O–H groups in total. The summed E-state index contributed by atoms with van der Waals surface area (Å²) in [5, 5.41) is 0. The van der Waals surface area contributed by atoms with Gasteiger partial charge in [0.15, 0.2) is 5.78 Å². The highest BCUT2D eigenvalue weighted by molar-refractivity contribution is 7.54. The van der Waals surface area contributed by atoms with Crippen LogP contribution in [0, 0.1) is 0 Å². The van der Waals surface area contributed by atoms with Crippen LogP contribution in [0.1, 0.15) is 21.5 Å². The molecule has 0 spiro atoms. The average Bonchev–Trinajstić information content (AvgIpc) is 2.70. The third-order valence-electron chi connectivity index (χ3n) is 4.19. The summed E-state index contributed by atoms with van der Waals surface area (Å²) >= 11 is 0. The minimum Gasteiger partial charge on any atom is -0.346 e. The highest BCUT2D eigenvalue weighted by atomic mass is 31.2. The molecule has 7 heteroatoms. The number of hydrogen-bond acceptors (Lipinski definition) is 6. The van der Waals surface area contributed by atoms with Crippen molar-refractivity contribution >= 4 is 13.4 Å². The number of carbonyl (C=O) groups is 1. The summed E-state index contributed by atoms with van der Waals surface area (Å²) in [7, 11) is 2.14. The Kier molecular flexibility index (Phi) is 6.87. The minimum absolute atomic E-state index is 0.345. The number of ketones is 1. The number of benzene rings is 2. The van der Waals surface area contributed by atoms with Crippen molar-refractivity contribution in [1.82, 2.24) is 0 Å². The van der Waals surface area contributed by atoms with Crippen LogP contribution in [0.3, 0.4) is 0 Å². The first-order valence-corrected chi connectivity index (χ1v) is 9.67. The molecule has 0 unspecified atom stereocenters. The van der Waals surface area contributed by atoms with Crippen molar-refractivity contribution in [2.75, 3.05) is 34.6 Å². The maximum absolute atomic E-state index is 12.6. The van der Waals surface area contributed by atoms with Crippen LogP contribution in [0.5, 0.6) is 0 Å². The molecule has 0 heterocycles. The first-order chi connectivity index (χ1) is 12.4. The lowest BCUT2D eigenvalue weighted by molar-refractivity contribution is -0.183. The van der Waals surface area contributed by atoms with Crippen molar-refractivity contribution in [2.45, 2.75) is 5.79 Å². The summed E-state index contributed by atoms with van der Waals surface area (Å²) in [5.41, 5.74) is 1.80. The van der Waals surface area contributed by atoms with Crippen LogP contribution in [0.15, 0.2) is 54.6 Å². The molecule has 0 atom stereocenters. The van der Waals surface area contributed by atoms with Crippen molar-refractivity contribution in [2.24, 2.45) is 0 Å². The van der Waals surface area contributed by atoms with E-state index in [4.69, 9.17) is 18.5 Å². The molecular weight excluding hydrogens is 355 g/mol. The Bertz CT molecular complexity index is 778. The summed E-state index contributed by atoms with van der Waals surface area (Å²) in [6.45, 7) is 0. The lowest BCUT2D eigenvalue weighted by atomic mass is 9.95. The zero-order valence-electron chi connectivity index (χ0n) is 15.3. The molecule has 0 saturated carbocycles. The maximum Gasteiger partial charge on any atom is 0.337 e. The number of rotatable bonds is 9. The summed E-state index contributed by atoms with van der Waals surface area (Å²) in [5.74, 6) is -1.52. The molecule has 140 valence electrons. The number of hydrogen-bond donors (Lipinski definition) is 0. The smallest absolute Gasteiger partial charge is 0.337 e. The van der Waals surface area contributed by atoms with E-state index in [-0.39, 0.29) is 11.9 Å². The van der Waals surface area contributed by atoms with Gasteiger partial charge in [-0.3, -0.25) is 9.36 Å². The first-order valence-electron chi connectivity index (χ1n) is 7.94. The summed E-state index contributed by atoms with van der Waals surface area (Å²) < 4.78 is 33.3. The Balaban J connectivity index is 2.44. The van der Waals surface area contributed by atoms with E-state index in [1.807, 2.05) is 36.4 Å². The van der Waals surface area contributed by atoms with Crippen LogP contribution in [-0.4, -0.2) is 40.4 Å². The van der Waals surface area contributed by atoms with Gasteiger partial charge < -0.3 is 18.5 Å². The Morgan fingerprint density at radius 3 is 2.00 bits per heavy atom. The fraction of sp³-hybridized carbons (Fsp3) is 0.316. The number of carbonyl (C=O) groups excluding carboxylic acids is 1. The highest BCUT2D eigenvalue weighted by Gasteiger charge is 2.35. The van der Waals surface area contributed by atoms with Gasteiger partial charge in [0.25, 0.3) is 0 Å². The van der Waals surface area contributed by atoms with Crippen LogP contribution < -0.4 is 0 Å². The second-order valence-electron chi connectivity index (χ2n) is 5.53. The Hall–Kier alpha value is -1.82. The molecule has 26 heavy (non-hydrogen) atoms. The standard InChI is InChI=1S/C19H23O6P/c1-22-19(23-2,16-10-6-5-7-11-16)17-12-8-9-15(13-17)18(20)14-26(21,24-3)25-4/h5-13H,14H2,1-4H3. The van der Waals surface area contributed by atoms with Crippen molar-refractivity contribution < 1.29 is 27.9 Å². The molecular formula is C19H23O6P. The summed E-state index contributed by atoms with van der Waals surface area (Å²) in [6.07, 6.45) is -0.345. The molecule has 0 radical (unpaired) electrons. The predicted octanol–water partition coefficient (Wildman–Crippen LogP) is 3.85. The molecule has 0 aliphatic rings. The second-order valence-corrected chi connectivity index (χ2v) is 7.80. The maximum atomic E-state index is 12.6. The zero-order chi connectivity index (χ0) is 19.2. The van der Waals surface area contributed by atoms with E-state index in [0.717, 1.165) is 5.56 Å². The molecule has 0 saturated heterocycles. The molecule has 2 rings (SSSR count). The first kappa shape index (κ1) is 20.5. The van der Waals surface area contributed by atoms with Gasteiger partial charge in [-0.05, 0) is 6.07 Å². The van der Waals surface area contributed by atoms with Gasteiger partial charge in [0.1, 0.15) is 6.16 Å².